The highest BCUT2D eigenvalue weighted by Crippen LogP contribution is 2.31. The minimum absolute atomic E-state index is 0.238. The zero-order valence-corrected chi connectivity index (χ0v) is 15.0. The molecule has 2 aliphatic rings. The van der Waals surface area contributed by atoms with E-state index in [0.29, 0.717) is 30.9 Å². The van der Waals surface area contributed by atoms with Gasteiger partial charge in [-0.1, -0.05) is 12.1 Å². The van der Waals surface area contributed by atoms with E-state index in [2.05, 4.69) is 30.9 Å². The number of nitrogens with zero attached hydrogens (tertiary/aromatic N) is 4. The normalized spacial score (nSPS) is 19.5. The summed E-state index contributed by atoms with van der Waals surface area (Å²) in [7, 11) is 0. The fraction of sp³-hybridized carbons (Fsp3) is 0.400. The number of ether oxygens (including phenoxy) is 1. The Morgan fingerprint density at radius 3 is 3.15 bits per heavy atom. The van der Waals surface area contributed by atoms with Gasteiger partial charge in [0.15, 0.2) is 11.5 Å². The van der Waals surface area contributed by atoms with Gasteiger partial charge in [-0.05, 0) is 30.9 Å². The molecule has 1 unspecified atom stereocenters. The molecule has 0 radical (unpaired) electrons. The van der Waals surface area contributed by atoms with Crippen LogP contribution in [0.2, 0.25) is 0 Å². The molecule has 5 rings (SSSR count). The summed E-state index contributed by atoms with van der Waals surface area (Å²) in [4.78, 5) is 30.2. The standard InChI is InChI=1S/C20H21N5O2/c26-15-7-6-13-3-1-5-17(16(13)9-15)27-10-14-4-2-8-25(14)20-18-19(22-11-21-18)23-12-24-20/h1,3,5,11-12,14H,2,4,6-10H2,(H,21,22,23,24). The van der Waals surface area contributed by atoms with E-state index in [1.54, 1.807) is 12.7 Å². The van der Waals surface area contributed by atoms with E-state index in [9.17, 15) is 4.79 Å². The number of nitrogens with one attached hydrogen (secondary N) is 1. The first-order chi connectivity index (χ1) is 13.3. The zero-order chi connectivity index (χ0) is 18.2. The lowest BCUT2D eigenvalue weighted by Gasteiger charge is -2.27. The van der Waals surface area contributed by atoms with Gasteiger partial charge in [-0.25, -0.2) is 15.0 Å². The second-order valence-electron chi connectivity index (χ2n) is 7.21. The molecule has 0 amide bonds. The largest absolute Gasteiger partial charge is 0.491 e. The van der Waals surface area contributed by atoms with Gasteiger partial charge >= 0.3 is 0 Å². The van der Waals surface area contributed by atoms with Gasteiger partial charge in [0.2, 0.25) is 0 Å². The summed E-state index contributed by atoms with van der Waals surface area (Å²) < 4.78 is 6.22. The number of carbonyl (C=O) groups is 1. The molecule has 0 bridgehead atoms. The van der Waals surface area contributed by atoms with Gasteiger partial charge in [0, 0.05) is 24.9 Å². The summed E-state index contributed by atoms with van der Waals surface area (Å²) in [6.45, 7) is 1.51. The van der Waals surface area contributed by atoms with Crippen molar-refractivity contribution in [3.05, 3.63) is 42.0 Å². The summed E-state index contributed by atoms with van der Waals surface area (Å²) in [6.07, 6.45) is 7.30. The van der Waals surface area contributed by atoms with Gasteiger partial charge < -0.3 is 14.6 Å². The predicted molar refractivity (Wildman–Crippen MR) is 101 cm³/mol. The number of hydrogen-bond donors (Lipinski definition) is 1. The third-order valence-electron chi connectivity index (χ3n) is 5.56. The number of aromatic nitrogens is 4. The van der Waals surface area contributed by atoms with Crippen LogP contribution in [-0.2, 0) is 17.6 Å². The van der Waals surface area contributed by atoms with Crippen LogP contribution in [0.3, 0.4) is 0 Å². The number of fused-ring (bicyclic) bond motifs is 2. The van der Waals surface area contributed by atoms with E-state index in [1.807, 2.05) is 12.1 Å². The SMILES string of the molecule is O=C1CCc2cccc(OCC3CCCN3c3ncnc4nc[nH]c34)c2C1. The van der Waals surface area contributed by atoms with E-state index in [1.165, 1.54) is 5.56 Å². The van der Waals surface area contributed by atoms with E-state index >= 15 is 0 Å². The molecule has 1 aliphatic heterocycles. The van der Waals surface area contributed by atoms with Crippen LogP contribution in [0.25, 0.3) is 11.2 Å². The number of rotatable bonds is 4. The fourth-order valence-electron chi connectivity index (χ4n) is 4.18. The Bertz CT molecular complexity index is 999. The first-order valence-corrected chi connectivity index (χ1v) is 9.45. The van der Waals surface area contributed by atoms with Gasteiger partial charge in [0.1, 0.15) is 30.0 Å². The number of aryl methyl sites for hydroxylation is 1. The molecule has 3 heterocycles. The van der Waals surface area contributed by atoms with Gasteiger partial charge in [-0.2, -0.15) is 0 Å². The van der Waals surface area contributed by atoms with Crippen molar-refractivity contribution in [1.82, 2.24) is 19.9 Å². The van der Waals surface area contributed by atoms with E-state index in [-0.39, 0.29) is 6.04 Å². The lowest BCUT2D eigenvalue weighted by molar-refractivity contribution is -0.118. The highest BCUT2D eigenvalue weighted by Gasteiger charge is 2.29. The van der Waals surface area contributed by atoms with Gasteiger partial charge in [-0.3, -0.25) is 4.79 Å². The molecule has 1 aliphatic carbocycles. The summed E-state index contributed by atoms with van der Waals surface area (Å²) >= 11 is 0. The first kappa shape index (κ1) is 16.2. The second-order valence-corrected chi connectivity index (χ2v) is 7.21. The van der Waals surface area contributed by atoms with Crippen LogP contribution >= 0.6 is 0 Å². The Balaban J connectivity index is 1.37. The molecule has 0 spiro atoms. The Kier molecular flexibility index (Phi) is 3.99. The summed E-state index contributed by atoms with van der Waals surface area (Å²) in [5.41, 5.74) is 3.86. The Morgan fingerprint density at radius 1 is 1.22 bits per heavy atom. The van der Waals surface area contributed by atoms with Crippen LogP contribution in [0.5, 0.6) is 5.75 Å². The molecular formula is C20H21N5O2. The number of Topliss-reactive ketones (excluding diaryl/α,β-unsaturated/α-hetero) is 1. The van der Waals surface area contributed by atoms with E-state index < -0.39 is 0 Å². The highest BCUT2D eigenvalue weighted by atomic mass is 16.5. The van der Waals surface area contributed by atoms with Crippen molar-refractivity contribution in [2.24, 2.45) is 0 Å². The van der Waals surface area contributed by atoms with Crippen LogP contribution in [0.15, 0.2) is 30.9 Å². The van der Waals surface area contributed by atoms with Crippen molar-refractivity contribution in [2.75, 3.05) is 18.1 Å². The van der Waals surface area contributed by atoms with Crippen molar-refractivity contribution >= 4 is 22.8 Å². The summed E-state index contributed by atoms with van der Waals surface area (Å²) in [5, 5.41) is 0. The molecule has 7 nitrogen and oxygen atoms in total. The molecule has 1 atom stereocenters. The van der Waals surface area contributed by atoms with Gasteiger partial charge in [-0.15, -0.1) is 0 Å². The van der Waals surface area contributed by atoms with Crippen molar-refractivity contribution in [2.45, 2.75) is 38.1 Å². The molecule has 7 heteroatoms. The molecular weight excluding hydrogens is 342 g/mol. The maximum atomic E-state index is 11.9. The van der Waals surface area contributed by atoms with Crippen LogP contribution in [0, 0.1) is 0 Å². The first-order valence-electron chi connectivity index (χ1n) is 9.45. The van der Waals surface area contributed by atoms with Crippen molar-refractivity contribution in [1.29, 1.82) is 0 Å². The summed E-state index contributed by atoms with van der Waals surface area (Å²) in [5.74, 6) is 2.03. The molecule has 27 heavy (non-hydrogen) atoms. The number of benzene rings is 1. The second kappa shape index (κ2) is 6.64. The third-order valence-corrected chi connectivity index (χ3v) is 5.56. The maximum Gasteiger partial charge on any atom is 0.182 e. The van der Waals surface area contributed by atoms with Crippen LogP contribution in [-0.4, -0.2) is 44.9 Å². The number of aromatic amines is 1. The van der Waals surface area contributed by atoms with Gasteiger partial charge in [0.05, 0.1) is 12.4 Å². The van der Waals surface area contributed by atoms with Crippen molar-refractivity contribution < 1.29 is 9.53 Å². The number of anilines is 1. The Morgan fingerprint density at radius 2 is 2.19 bits per heavy atom. The predicted octanol–water partition coefficient (Wildman–Crippen LogP) is 2.46. The molecule has 1 aromatic carbocycles. The average molecular weight is 363 g/mol. The number of ketones is 1. The number of H-pyrrole nitrogens is 1. The lowest BCUT2D eigenvalue weighted by atomic mass is 9.90. The molecule has 0 saturated carbocycles. The fourth-order valence-corrected chi connectivity index (χ4v) is 4.18. The van der Waals surface area contributed by atoms with Crippen LogP contribution < -0.4 is 9.64 Å². The minimum Gasteiger partial charge on any atom is -0.491 e. The zero-order valence-electron chi connectivity index (χ0n) is 15.0. The van der Waals surface area contributed by atoms with Gasteiger partial charge in [0.25, 0.3) is 0 Å². The van der Waals surface area contributed by atoms with E-state index in [0.717, 1.165) is 48.5 Å². The topological polar surface area (TPSA) is 84.0 Å². The number of imidazole rings is 1. The third kappa shape index (κ3) is 2.93. The van der Waals surface area contributed by atoms with Crippen molar-refractivity contribution in [3.8, 4) is 5.75 Å². The maximum absolute atomic E-state index is 11.9. The number of carbonyl (C=O) groups excluding carboxylic acids is 1. The Labute approximate surface area is 156 Å². The number of hydrogen-bond acceptors (Lipinski definition) is 6. The quantitative estimate of drug-likeness (QED) is 0.767. The lowest BCUT2D eigenvalue weighted by Crippen LogP contribution is -2.35. The molecule has 1 N–H and O–H groups in total. The van der Waals surface area contributed by atoms with Crippen LogP contribution in [0.4, 0.5) is 5.82 Å². The highest BCUT2D eigenvalue weighted by molar-refractivity contribution is 5.84. The molecule has 138 valence electrons. The summed E-state index contributed by atoms with van der Waals surface area (Å²) in [6, 6.07) is 6.34. The minimum atomic E-state index is 0.238. The average Bonchev–Trinajstić information content (AvgIpc) is 3.35. The smallest absolute Gasteiger partial charge is 0.182 e. The Hall–Kier alpha value is -2.96. The van der Waals surface area contributed by atoms with Crippen LogP contribution in [0.1, 0.15) is 30.4 Å². The monoisotopic (exact) mass is 363 g/mol. The molecule has 1 fully saturated rings. The molecule has 3 aromatic rings. The van der Waals surface area contributed by atoms with Crippen molar-refractivity contribution in [3.63, 3.8) is 0 Å². The molecule has 2 aromatic heterocycles. The van der Waals surface area contributed by atoms with E-state index in [4.69, 9.17) is 4.74 Å². The molecule has 1 saturated heterocycles.